The molecular weight excluding hydrogens is 234 g/mol. The van der Waals surface area contributed by atoms with Crippen LogP contribution >= 0.6 is 0 Å². The van der Waals surface area contributed by atoms with Crippen LogP contribution in [0.4, 0.5) is 0 Å². The van der Waals surface area contributed by atoms with E-state index < -0.39 is 11.9 Å². The Morgan fingerprint density at radius 2 is 2.17 bits per heavy atom. The fourth-order valence-corrected chi connectivity index (χ4v) is 2.16. The number of aliphatic carboxylic acids is 1. The summed E-state index contributed by atoms with van der Waals surface area (Å²) in [5, 5.41) is 21.5. The lowest BCUT2D eigenvalue weighted by Gasteiger charge is -2.19. The summed E-state index contributed by atoms with van der Waals surface area (Å²) in [5.41, 5.74) is 0. The van der Waals surface area contributed by atoms with Crippen molar-refractivity contribution in [2.75, 3.05) is 19.7 Å². The molecule has 1 aromatic rings. The summed E-state index contributed by atoms with van der Waals surface area (Å²) in [6.07, 6.45) is 0.871. The summed E-state index contributed by atoms with van der Waals surface area (Å²) in [4.78, 5) is 11.2. The molecule has 5 heteroatoms. The standard InChI is InChI=1S/C13H17NO4/c15-10-1-3-11(4-2-10)18-8-12(13(16)17)9-5-6-14-7-9/h1-4,9,12,14-15H,5-8H2,(H,16,17). The van der Waals surface area contributed by atoms with E-state index in [9.17, 15) is 9.90 Å². The van der Waals surface area contributed by atoms with E-state index in [0.29, 0.717) is 5.75 Å². The summed E-state index contributed by atoms with van der Waals surface area (Å²) in [6, 6.07) is 6.28. The minimum absolute atomic E-state index is 0.125. The maximum absolute atomic E-state index is 11.2. The largest absolute Gasteiger partial charge is 0.508 e. The Bertz CT molecular complexity index is 398. The van der Waals surface area contributed by atoms with Crippen LogP contribution in [0, 0.1) is 11.8 Å². The van der Waals surface area contributed by atoms with Gasteiger partial charge in [0.15, 0.2) is 0 Å². The number of carboxylic acids is 1. The molecule has 0 radical (unpaired) electrons. The second kappa shape index (κ2) is 5.73. The van der Waals surface area contributed by atoms with E-state index in [-0.39, 0.29) is 18.3 Å². The summed E-state index contributed by atoms with van der Waals surface area (Å²) in [7, 11) is 0. The summed E-state index contributed by atoms with van der Waals surface area (Å²) in [5.74, 6) is -0.446. The van der Waals surface area contributed by atoms with E-state index in [0.717, 1.165) is 19.5 Å². The number of benzene rings is 1. The van der Waals surface area contributed by atoms with Gasteiger partial charge < -0.3 is 20.3 Å². The first-order valence-corrected chi connectivity index (χ1v) is 6.02. The molecule has 2 unspecified atom stereocenters. The third-order valence-electron chi connectivity index (χ3n) is 3.25. The zero-order valence-electron chi connectivity index (χ0n) is 10.0. The van der Waals surface area contributed by atoms with Crippen LogP contribution in [0.5, 0.6) is 11.5 Å². The van der Waals surface area contributed by atoms with Gasteiger partial charge in [-0.1, -0.05) is 0 Å². The molecule has 2 rings (SSSR count). The summed E-state index contributed by atoms with van der Waals surface area (Å²) in [6.45, 7) is 1.76. The Hall–Kier alpha value is -1.75. The second-order valence-electron chi connectivity index (χ2n) is 4.50. The number of carboxylic acid groups (broad SMARTS) is 1. The van der Waals surface area contributed by atoms with Gasteiger partial charge in [-0.05, 0) is 49.7 Å². The molecule has 18 heavy (non-hydrogen) atoms. The third-order valence-corrected chi connectivity index (χ3v) is 3.25. The van der Waals surface area contributed by atoms with Gasteiger partial charge in [0.25, 0.3) is 0 Å². The average molecular weight is 251 g/mol. The number of hydrogen-bond acceptors (Lipinski definition) is 4. The highest BCUT2D eigenvalue weighted by atomic mass is 16.5. The van der Waals surface area contributed by atoms with Gasteiger partial charge in [-0.15, -0.1) is 0 Å². The normalized spacial score (nSPS) is 20.6. The molecule has 5 nitrogen and oxygen atoms in total. The van der Waals surface area contributed by atoms with Gasteiger partial charge in [0.05, 0.1) is 5.92 Å². The van der Waals surface area contributed by atoms with Gasteiger partial charge >= 0.3 is 5.97 Å². The van der Waals surface area contributed by atoms with Crippen LogP contribution in [0.2, 0.25) is 0 Å². The lowest BCUT2D eigenvalue weighted by Crippen LogP contribution is -2.30. The van der Waals surface area contributed by atoms with Crippen LogP contribution in [0.25, 0.3) is 0 Å². The van der Waals surface area contributed by atoms with Crippen molar-refractivity contribution in [3.63, 3.8) is 0 Å². The van der Waals surface area contributed by atoms with Crippen LogP contribution in [-0.4, -0.2) is 35.9 Å². The highest BCUT2D eigenvalue weighted by Crippen LogP contribution is 2.22. The maximum Gasteiger partial charge on any atom is 0.310 e. The summed E-state index contributed by atoms with van der Waals surface area (Å²) < 4.78 is 5.48. The molecule has 2 atom stereocenters. The number of aromatic hydroxyl groups is 1. The number of phenolic OH excluding ortho intramolecular Hbond substituents is 1. The van der Waals surface area contributed by atoms with Crippen molar-refractivity contribution >= 4 is 5.97 Å². The Kier molecular flexibility index (Phi) is 4.04. The SMILES string of the molecule is O=C(O)C(COc1ccc(O)cc1)C1CCNC1. The van der Waals surface area contributed by atoms with Crippen molar-refractivity contribution in [1.82, 2.24) is 5.32 Å². The second-order valence-corrected chi connectivity index (χ2v) is 4.50. The predicted octanol–water partition coefficient (Wildman–Crippen LogP) is 1.08. The predicted molar refractivity (Wildman–Crippen MR) is 65.7 cm³/mol. The van der Waals surface area contributed by atoms with Gasteiger partial charge in [0.1, 0.15) is 18.1 Å². The molecule has 1 fully saturated rings. The Morgan fingerprint density at radius 3 is 2.72 bits per heavy atom. The van der Waals surface area contributed by atoms with Crippen LogP contribution < -0.4 is 10.1 Å². The monoisotopic (exact) mass is 251 g/mol. The van der Waals surface area contributed by atoms with Crippen LogP contribution in [0.1, 0.15) is 6.42 Å². The minimum Gasteiger partial charge on any atom is -0.508 e. The number of rotatable bonds is 5. The Labute approximate surface area is 105 Å². The van der Waals surface area contributed by atoms with Crippen molar-refractivity contribution in [1.29, 1.82) is 0 Å². The first kappa shape index (κ1) is 12.7. The molecule has 0 amide bonds. The molecule has 98 valence electrons. The fraction of sp³-hybridized carbons (Fsp3) is 0.462. The quantitative estimate of drug-likeness (QED) is 0.730. The molecule has 1 aliphatic rings. The molecule has 0 aromatic heterocycles. The zero-order chi connectivity index (χ0) is 13.0. The van der Waals surface area contributed by atoms with Crippen molar-refractivity contribution in [2.45, 2.75) is 6.42 Å². The van der Waals surface area contributed by atoms with E-state index in [1.165, 1.54) is 12.1 Å². The van der Waals surface area contributed by atoms with Gasteiger partial charge in [-0.25, -0.2) is 0 Å². The molecule has 1 aromatic carbocycles. The van der Waals surface area contributed by atoms with E-state index in [1.54, 1.807) is 12.1 Å². The summed E-state index contributed by atoms with van der Waals surface area (Å²) >= 11 is 0. The van der Waals surface area contributed by atoms with Crippen LogP contribution in [0.15, 0.2) is 24.3 Å². The van der Waals surface area contributed by atoms with E-state index in [1.807, 2.05) is 0 Å². The number of phenols is 1. The average Bonchev–Trinajstić information content (AvgIpc) is 2.85. The number of hydrogen-bond donors (Lipinski definition) is 3. The third kappa shape index (κ3) is 3.13. The molecule has 3 N–H and O–H groups in total. The highest BCUT2D eigenvalue weighted by molar-refractivity contribution is 5.70. The van der Waals surface area contributed by atoms with Gasteiger partial charge in [0.2, 0.25) is 0 Å². The molecule has 0 bridgehead atoms. The molecule has 1 aliphatic heterocycles. The molecule has 0 spiro atoms. The number of ether oxygens (including phenoxy) is 1. The topological polar surface area (TPSA) is 78.8 Å². The van der Waals surface area contributed by atoms with Crippen LogP contribution in [0.3, 0.4) is 0 Å². The number of nitrogens with one attached hydrogen (secondary N) is 1. The number of carbonyl (C=O) groups is 1. The van der Waals surface area contributed by atoms with Crippen molar-refractivity contribution in [3.8, 4) is 11.5 Å². The molecule has 0 aliphatic carbocycles. The lowest BCUT2D eigenvalue weighted by atomic mass is 9.92. The minimum atomic E-state index is -0.817. The Balaban J connectivity index is 1.93. The maximum atomic E-state index is 11.2. The fourth-order valence-electron chi connectivity index (χ4n) is 2.16. The zero-order valence-corrected chi connectivity index (χ0v) is 10.0. The smallest absolute Gasteiger partial charge is 0.310 e. The first-order chi connectivity index (χ1) is 8.66. The molecule has 1 saturated heterocycles. The van der Waals surface area contributed by atoms with E-state index >= 15 is 0 Å². The van der Waals surface area contributed by atoms with Gasteiger partial charge in [-0.3, -0.25) is 4.79 Å². The van der Waals surface area contributed by atoms with Crippen molar-refractivity contribution in [2.24, 2.45) is 11.8 Å². The molecular formula is C13H17NO4. The first-order valence-electron chi connectivity index (χ1n) is 6.02. The van der Waals surface area contributed by atoms with Crippen molar-refractivity contribution < 1.29 is 19.7 Å². The van der Waals surface area contributed by atoms with Gasteiger partial charge in [0, 0.05) is 0 Å². The molecule has 1 heterocycles. The van der Waals surface area contributed by atoms with Crippen LogP contribution in [-0.2, 0) is 4.79 Å². The van der Waals surface area contributed by atoms with Crippen molar-refractivity contribution in [3.05, 3.63) is 24.3 Å². The van der Waals surface area contributed by atoms with E-state index in [2.05, 4.69) is 5.32 Å². The van der Waals surface area contributed by atoms with E-state index in [4.69, 9.17) is 9.84 Å². The Morgan fingerprint density at radius 1 is 1.44 bits per heavy atom. The lowest BCUT2D eigenvalue weighted by molar-refractivity contribution is -0.144. The molecule has 0 saturated carbocycles. The highest BCUT2D eigenvalue weighted by Gasteiger charge is 2.31. The van der Waals surface area contributed by atoms with Gasteiger partial charge in [-0.2, -0.15) is 0 Å².